The van der Waals surface area contributed by atoms with Crippen LogP contribution in [0.25, 0.3) is 0 Å². The predicted octanol–water partition coefficient (Wildman–Crippen LogP) is 2.06. The molecule has 2 heterocycles. The average Bonchev–Trinajstić information content (AvgIpc) is 2.99. The number of rotatable bonds is 4. The van der Waals surface area contributed by atoms with E-state index in [2.05, 4.69) is 20.8 Å². The van der Waals surface area contributed by atoms with E-state index in [-0.39, 0.29) is 12.2 Å². The topological polar surface area (TPSA) is 76.8 Å². The zero-order valence-electron chi connectivity index (χ0n) is 12.9. The third-order valence-electron chi connectivity index (χ3n) is 3.27. The summed E-state index contributed by atoms with van der Waals surface area (Å²) in [5, 5.41) is 12.7. The second-order valence-corrected chi connectivity index (χ2v) is 4.95. The van der Waals surface area contributed by atoms with Crippen LogP contribution in [0.3, 0.4) is 0 Å². The smallest absolute Gasteiger partial charge is 0.332 e. The van der Waals surface area contributed by atoms with Gasteiger partial charge in [-0.3, -0.25) is 9.36 Å². The Hall–Kier alpha value is -2.52. The Kier molecular flexibility index (Phi) is 4.62. The molecule has 2 amide bonds. The van der Waals surface area contributed by atoms with Crippen LogP contribution in [0.1, 0.15) is 23.9 Å². The molecule has 0 aliphatic rings. The number of carbonyl (C=O) groups is 1. The zero-order chi connectivity index (χ0) is 17.2. The molecule has 10 heteroatoms. The molecule has 0 saturated heterocycles. The second-order valence-electron chi connectivity index (χ2n) is 4.95. The molecule has 0 fully saturated rings. The fraction of sp³-hybridized carbons (Fsp3) is 0.462. The molecule has 126 valence electrons. The molecule has 7 nitrogen and oxygen atoms in total. The number of alkyl halides is 3. The zero-order valence-corrected chi connectivity index (χ0v) is 12.9. The molecule has 0 aliphatic heterocycles. The van der Waals surface area contributed by atoms with Crippen molar-refractivity contribution >= 4 is 11.7 Å². The van der Waals surface area contributed by atoms with E-state index in [0.29, 0.717) is 17.8 Å². The summed E-state index contributed by atoms with van der Waals surface area (Å²) in [4.78, 5) is 11.9. The fourth-order valence-electron chi connectivity index (χ4n) is 2.14. The molecule has 0 aromatic carbocycles. The van der Waals surface area contributed by atoms with Crippen LogP contribution in [-0.2, 0) is 33.2 Å². The van der Waals surface area contributed by atoms with Crippen LogP contribution in [0.15, 0.2) is 12.4 Å². The molecule has 0 aliphatic carbocycles. The molecule has 0 radical (unpaired) electrons. The van der Waals surface area contributed by atoms with Crippen LogP contribution in [0.2, 0.25) is 0 Å². The van der Waals surface area contributed by atoms with Crippen LogP contribution in [-0.4, -0.2) is 25.6 Å². The molecule has 23 heavy (non-hydrogen) atoms. The number of anilines is 1. The van der Waals surface area contributed by atoms with Gasteiger partial charge in [-0.05, 0) is 6.42 Å². The second kappa shape index (κ2) is 6.31. The minimum atomic E-state index is -4.51. The SMILES string of the molecule is CCc1nn(C)cc1NC(=O)NCc1c(C(F)(F)F)cnn1C. The first-order valence-electron chi connectivity index (χ1n) is 6.87. The molecule has 0 saturated carbocycles. The Bertz CT molecular complexity index is 703. The summed E-state index contributed by atoms with van der Waals surface area (Å²) < 4.78 is 41.2. The molecule has 0 bridgehead atoms. The lowest BCUT2D eigenvalue weighted by Gasteiger charge is -2.11. The summed E-state index contributed by atoms with van der Waals surface area (Å²) in [5.41, 5.74) is 0.234. The Morgan fingerprint density at radius 3 is 2.65 bits per heavy atom. The number of aromatic nitrogens is 4. The van der Waals surface area contributed by atoms with Crippen molar-refractivity contribution in [2.75, 3.05) is 5.32 Å². The van der Waals surface area contributed by atoms with Gasteiger partial charge in [-0.1, -0.05) is 6.92 Å². The van der Waals surface area contributed by atoms with Crippen molar-refractivity contribution < 1.29 is 18.0 Å². The maximum Gasteiger partial charge on any atom is 0.419 e. The normalized spacial score (nSPS) is 11.6. The van der Waals surface area contributed by atoms with Crippen LogP contribution in [0, 0.1) is 0 Å². The Balaban J connectivity index is 2.04. The highest BCUT2D eigenvalue weighted by Gasteiger charge is 2.35. The molecule has 0 spiro atoms. The van der Waals surface area contributed by atoms with Crippen molar-refractivity contribution in [1.29, 1.82) is 0 Å². The van der Waals surface area contributed by atoms with Gasteiger partial charge in [0.15, 0.2) is 0 Å². The summed E-state index contributed by atoms with van der Waals surface area (Å²) in [6, 6.07) is -0.609. The fourth-order valence-corrected chi connectivity index (χ4v) is 2.14. The highest BCUT2D eigenvalue weighted by atomic mass is 19.4. The van der Waals surface area contributed by atoms with Crippen molar-refractivity contribution in [2.45, 2.75) is 26.1 Å². The first-order valence-corrected chi connectivity index (χ1v) is 6.87. The molecule has 2 rings (SSSR count). The first-order chi connectivity index (χ1) is 10.7. The number of amides is 2. The van der Waals surface area contributed by atoms with Crippen LogP contribution < -0.4 is 10.6 Å². The van der Waals surface area contributed by atoms with Crippen LogP contribution in [0.4, 0.5) is 23.7 Å². The van der Waals surface area contributed by atoms with Crippen molar-refractivity contribution in [3.63, 3.8) is 0 Å². The van der Waals surface area contributed by atoms with Gasteiger partial charge in [0.2, 0.25) is 0 Å². The summed E-state index contributed by atoms with van der Waals surface area (Å²) in [5.74, 6) is 0. The van der Waals surface area contributed by atoms with Gasteiger partial charge >= 0.3 is 12.2 Å². The third kappa shape index (κ3) is 3.82. The van der Waals surface area contributed by atoms with Crippen molar-refractivity contribution in [3.05, 3.63) is 29.3 Å². The van der Waals surface area contributed by atoms with E-state index in [1.807, 2.05) is 6.92 Å². The number of nitrogens with one attached hydrogen (secondary N) is 2. The average molecular weight is 330 g/mol. The van der Waals surface area contributed by atoms with Gasteiger partial charge in [-0.15, -0.1) is 0 Å². The van der Waals surface area contributed by atoms with Crippen molar-refractivity contribution in [1.82, 2.24) is 24.9 Å². The van der Waals surface area contributed by atoms with Crippen LogP contribution >= 0.6 is 0 Å². The molecule has 0 atom stereocenters. The summed E-state index contributed by atoms with van der Waals surface area (Å²) in [6.07, 6.45) is -1.52. The summed E-state index contributed by atoms with van der Waals surface area (Å²) >= 11 is 0. The van der Waals surface area contributed by atoms with E-state index in [9.17, 15) is 18.0 Å². The van der Waals surface area contributed by atoms with E-state index in [1.54, 1.807) is 17.9 Å². The highest BCUT2D eigenvalue weighted by molar-refractivity contribution is 5.89. The number of halogens is 3. The lowest BCUT2D eigenvalue weighted by molar-refractivity contribution is -0.138. The molecule has 2 N–H and O–H groups in total. The van der Waals surface area contributed by atoms with Gasteiger partial charge in [-0.2, -0.15) is 23.4 Å². The van der Waals surface area contributed by atoms with Gasteiger partial charge in [-0.25, -0.2) is 4.79 Å². The number of carbonyl (C=O) groups excluding carboxylic acids is 1. The Morgan fingerprint density at radius 1 is 1.35 bits per heavy atom. The van der Waals surface area contributed by atoms with E-state index in [0.717, 1.165) is 10.9 Å². The predicted molar refractivity (Wildman–Crippen MR) is 76.7 cm³/mol. The maximum atomic E-state index is 12.8. The van der Waals surface area contributed by atoms with E-state index in [1.165, 1.54) is 7.05 Å². The standard InChI is InChI=1S/C13H17F3N6O/c1-4-9-10(7-21(2)20-9)19-12(23)17-6-11-8(13(14,15)16)5-18-22(11)3/h5,7H,4,6H2,1-3H3,(H2,17,19,23). The lowest BCUT2D eigenvalue weighted by atomic mass is 10.2. The van der Waals surface area contributed by atoms with Gasteiger partial charge in [0, 0.05) is 20.3 Å². The molecule has 0 unspecified atom stereocenters. The van der Waals surface area contributed by atoms with Gasteiger partial charge in [0.1, 0.15) is 0 Å². The number of nitrogens with zero attached hydrogens (tertiary/aromatic N) is 4. The molecule has 2 aromatic rings. The van der Waals surface area contributed by atoms with Gasteiger partial charge in [0.05, 0.1) is 35.4 Å². The van der Waals surface area contributed by atoms with Crippen LogP contribution in [0.5, 0.6) is 0 Å². The van der Waals surface area contributed by atoms with E-state index < -0.39 is 17.8 Å². The Morgan fingerprint density at radius 2 is 2.04 bits per heavy atom. The minimum Gasteiger partial charge on any atom is -0.332 e. The van der Waals surface area contributed by atoms with E-state index >= 15 is 0 Å². The summed E-state index contributed by atoms with van der Waals surface area (Å²) in [6.45, 7) is 1.59. The molecular weight excluding hydrogens is 313 g/mol. The third-order valence-corrected chi connectivity index (χ3v) is 3.27. The highest BCUT2D eigenvalue weighted by Crippen LogP contribution is 2.31. The number of hydrogen-bond acceptors (Lipinski definition) is 3. The first kappa shape index (κ1) is 16.8. The monoisotopic (exact) mass is 330 g/mol. The number of hydrogen-bond donors (Lipinski definition) is 2. The molecule has 2 aromatic heterocycles. The maximum absolute atomic E-state index is 12.8. The van der Waals surface area contributed by atoms with Crippen molar-refractivity contribution in [3.8, 4) is 0 Å². The van der Waals surface area contributed by atoms with Gasteiger partial charge < -0.3 is 10.6 Å². The quantitative estimate of drug-likeness (QED) is 0.901. The largest absolute Gasteiger partial charge is 0.419 e. The van der Waals surface area contributed by atoms with E-state index in [4.69, 9.17) is 0 Å². The Labute approximate surface area is 130 Å². The van der Waals surface area contributed by atoms with Crippen molar-refractivity contribution in [2.24, 2.45) is 14.1 Å². The lowest BCUT2D eigenvalue weighted by Crippen LogP contribution is -2.30. The summed E-state index contributed by atoms with van der Waals surface area (Å²) in [7, 11) is 3.11. The molecular formula is C13H17F3N6O. The van der Waals surface area contributed by atoms with Gasteiger partial charge in [0.25, 0.3) is 0 Å². The number of urea groups is 1. The number of aryl methyl sites for hydroxylation is 3. The minimum absolute atomic E-state index is 0.116.